The Kier molecular flexibility index (Phi) is 5.76. The number of ether oxygens (including phenoxy) is 1. The Balaban J connectivity index is 1.75. The van der Waals surface area contributed by atoms with Gasteiger partial charge in [-0.15, -0.1) is 0 Å². The first-order chi connectivity index (χ1) is 13.0. The summed E-state index contributed by atoms with van der Waals surface area (Å²) in [6.45, 7) is 1.57. The van der Waals surface area contributed by atoms with Gasteiger partial charge < -0.3 is 19.8 Å². The number of rotatable bonds is 7. The van der Waals surface area contributed by atoms with Crippen LogP contribution in [-0.2, 0) is 9.53 Å². The summed E-state index contributed by atoms with van der Waals surface area (Å²) in [5, 5.41) is 18.2. The Labute approximate surface area is 158 Å². The van der Waals surface area contributed by atoms with Crippen molar-refractivity contribution in [1.29, 1.82) is 0 Å². The molecule has 0 saturated heterocycles. The SMILES string of the molecule is CC(CC(=O)O)N(CCO)C(=O)OCC1c2ccccc2-c2ccccc21. The van der Waals surface area contributed by atoms with Gasteiger partial charge in [0.05, 0.1) is 13.0 Å². The smallest absolute Gasteiger partial charge is 0.410 e. The normalized spacial score (nSPS) is 13.6. The molecular weight excluding hydrogens is 346 g/mol. The first-order valence-electron chi connectivity index (χ1n) is 8.97. The summed E-state index contributed by atoms with van der Waals surface area (Å²) >= 11 is 0. The predicted octanol–water partition coefficient (Wildman–Crippen LogP) is 3.09. The van der Waals surface area contributed by atoms with E-state index in [1.165, 1.54) is 4.90 Å². The zero-order valence-electron chi connectivity index (χ0n) is 15.2. The second kappa shape index (κ2) is 8.22. The van der Waals surface area contributed by atoms with Gasteiger partial charge in [0.25, 0.3) is 0 Å². The summed E-state index contributed by atoms with van der Waals surface area (Å²) in [6, 6.07) is 15.5. The molecule has 142 valence electrons. The quantitative estimate of drug-likeness (QED) is 0.783. The van der Waals surface area contributed by atoms with Crippen molar-refractivity contribution in [1.82, 2.24) is 4.90 Å². The van der Waals surface area contributed by atoms with Crippen molar-refractivity contribution in [2.45, 2.75) is 25.3 Å². The summed E-state index contributed by atoms with van der Waals surface area (Å²) in [5.74, 6) is -1.07. The number of aliphatic hydroxyl groups is 1. The van der Waals surface area contributed by atoms with Crippen LogP contribution in [0.5, 0.6) is 0 Å². The third-order valence-corrected chi connectivity index (χ3v) is 4.91. The lowest BCUT2D eigenvalue weighted by Crippen LogP contribution is -2.42. The minimum atomic E-state index is -1.00. The fourth-order valence-electron chi connectivity index (χ4n) is 3.64. The van der Waals surface area contributed by atoms with E-state index >= 15 is 0 Å². The number of aliphatic hydroxyl groups excluding tert-OH is 1. The summed E-state index contributed by atoms with van der Waals surface area (Å²) in [5.41, 5.74) is 4.50. The summed E-state index contributed by atoms with van der Waals surface area (Å²) in [4.78, 5) is 24.7. The van der Waals surface area contributed by atoms with E-state index in [4.69, 9.17) is 9.84 Å². The molecule has 0 aliphatic heterocycles. The molecule has 1 aliphatic rings. The molecule has 2 aromatic rings. The number of carbonyl (C=O) groups is 2. The van der Waals surface area contributed by atoms with Gasteiger partial charge in [-0.3, -0.25) is 4.79 Å². The standard InChI is InChI=1S/C21H23NO5/c1-14(12-20(24)25)22(10-11-23)21(26)27-13-19-17-8-4-2-6-15(17)16-7-3-5-9-18(16)19/h2-9,14,19,23H,10-13H2,1H3,(H,24,25). The van der Waals surface area contributed by atoms with E-state index in [1.54, 1.807) is 6.92 Å². The summed E-state index contributed by atoms with van der Waals surface area (Å²) < 4.78 is 5.54. The van der Waals surface area contributed by atoms with Crippen LogP contribution in [0.3, 0.4) is 0 Å². The molecule has 2 N–H and O–H groups in total. The number of carboxylic acid groups (broad SMARTS) is 1. The third kappa shape index (κ3) is 3.95. The zero-order chi connectivity index (χ0) is 19.4. The Bertz CT molecular complexity index is 789. The van der Waals surface area contributed by atoms with E-state index in [0.29, 0.717) is 0 Å². The van der Waals surface area contributed by atoms with Gasteiger partial charge in [-0.25, -0.2) is 4.79 Å². The lowest BCUT2D eigenvalue weighted by Gasteiger charge is -2.27. The number of hydrogen-bond donors (Lipinski definition) is 2. The van der Waals surface area contributed by atoms with Crippen molar-refractivity contribution in [2.75, 3.05) is 19.8 Å². The van der Waals surface area contributed by atoms with E-state index in [1.807, 2.05) is 36.4 Å². The second-order valence-corrected chi connectivity index (χ2v) is 6.67. The van der Waals surface area contributed by atoms with Gasteiger partial charge in [0.1, 0.15) is 6.61 Å². The number of carbonyl (C=O) groups excluding carboxylic acids is 1. The van der Waals surface area contributed by atoms with Crippen LogP contribution >= 0.6 is 0 Å². The van der Waals surface area contributed by atoms with Gasteiger partial charge in [0, 0.05) is 18.5 Å². The maximum atomic E-state index is 12.5. The Hall–Kier alpha value is -2.86. The second-order valence-electron chi connectivity index (χ2n) is 6.67. The molecule has 1 amide bonds. The van der Waals surface area contributed by atoms with Gasteiger partial charge in [-0.05, 0) is 29.2 Å². The summed E-state index contributed by atoms with van der Waals surface area (Å²) in [6.07, 6.45) is -0.816. The zero-order valence-corrected chi connectivity index (χ0v) is 15.2. The van der Waals surface area contributed by atoms with E-state index in [2.05, 4.69) is 12.1 Å². The first-order valence-corrected chi connectivity index (χ1v) is 8.97. The molecule has 0 heterocycles. The van der Waals surface area contributed by atoms with Gasteiger partial charge >= 0.3 is 12.1 Å². The molecule has 1 aliphatic carbocycles. The molecule has 27 heavy (non-hydrogen) atoms. The maximum Gasteiger partial charge on any atom is 0.410 e. The largest absolute Gasteiger partial charge is 0.481 e. The molecule has 6 heteroatoms. The number of nitrogens with zero attached hydrogens (tertiary/aromatic N) is 1. The minimum Gasteiger partial charge on any atom is -0.481 e. The highest BCUT2D eigenvalue weighted by Crippen LogP contribution is 2.44. The Morgan fingerprint density at radius 3 is 2.15 bits per heavy atom. The minimum absolute atomic E-state index is 0.0329. The molecule has 2 aromatic carbocycles. The van der Waals surface area contributed by atoms with Crippen LogP contribution in [-0.4, -0.2) is 53.0 Å². The molecule has 0 radical (unpaired) electrons. The highest BCUT2D eigenvalue weighted by Gasteiger charge is 2.30. The molecular formula is C21H23NO5. The molecule has 0 saturated carbocycles. The number of fused-ring (bicyclic) bond motifs is 3. The van der Waals surface area contributed by atoms with Crippen LogP contribution in [0.25, 0.3) is 11.1 Å². The van der Waals surface area contributed by atoms with E-state index in [9.17, 15) is 14.7 Å². The number of carboxylic acids is 1. The molecule has 1 unspecified atom stereocenters. The lowest BCUT2D eigenvalue weighted by molar-refractivity contribution is -0.138. The average Bonchev–Trinajstić information content (AvgIpc) is 2.97. The van der Waals surface area contributed by atoms with Gasteiger partial charge in [0.15, 0.2) is 0 Å². The van der Waals surface area contributed by atoms with E-state index < -0.39 is 18.1 Å². The van der Waals surface area contributed by atoms with Crippen molar-refractivity contribution in [3.63, 3.8) is 0 Å². The molecule has 3 rings (SSSR count). The van der Waals surface area contributed by atoms with Crippen molar-refractivity contribution < 1.29 is 24.5 Å². The molecule has 0 fully saturated rings. The first kappa shape index (κ1) is 18.9. The predicted molar refractivity (Wildman–Crippen MR) is 101 cm³/mol. The molecule has 1 atom stereocenters. The van der Waals surface area contributed by atoms with Crippen LogP contribution in [0.1, 0.15) is 30.4 Å². The third-order valence-electron chi connectivity index (χ3n) is 4.91. The van der Waals surface area contributed by atoms with Crippen molar-refractivity contribution >= 4 is 12.1 Å². The summed E-state index contributed by atoms with van der Waals surface area (Å²) in [7, 11) is 0. The van der Waals surface area contributed by atoms with Crippen LogP contribution < -0.4 is 0 Å². The molecule has 0 spiro atoms. The van der Waals surface area contributed by atoms with Gasteiger partial charge in [-0.2, -0.15) is 0 Å². The number of aliphatic carboxylic acids is 1. The fraction of sp³-hybridized carbons (Fsp3) is 0.333. The highest BCUT2D eigenvalue weighted by molar-refractivity contribution is 5.79. The molecule has 6 nitrogen and oxygen atoms in total. The highest BCUT2D eigenvalue weighted by atomic mass is 16.6. The number of benzene rings is 2. The van der Waals surface area contributed by atoms with Gasteiger partial charge in [-0.1, -0.05) is 48.5 Å². The van der Waals surface area contributed by atoms with Crippen LogP contribution in [0.2, 0.25) is 0 Å². The monoisotopic (exact) mass is 369 g/mol. The Morgan fingerprint density at radius 1 is 1.07 bits per heavy atom. The molecule has 0 bridgehead atoms. The average molecular weight is 369 g/mol. The van der Waals surface area contributed by atoms with Crippen LogP contribution in [0.4, 0.5) is 4.79 Å². The van der Waals surface area contributed by atoms with Crippen molar-refractivity contribution in [3.8, 4) is 11.1 Å². The van der Waals surface area contributed by atoms with Gasteiger partial charge in [0.2, 0.25) is 0 Å². The number of hydrogen-bond acceptors (Lipinski definition) is 4. The van der Waals surface area contributed by atoms with Crippen LogP contribution in [0, 0.1) is 0 Å². The van der Waals surface area contributed by atoms with Crippen molar-refractivity contribution in [3.05, 3.63) is 59.7 Å². The molecule has 0 aromatic heterocycles. The van der Waals surface area contributed by atoms with E-state index in [0.717, 1.165) is 22.3 Å². The fourth-order valence-corrected chi connectivity index (χ4v) is 3.64. The Morgan fingerprint density at radius 2 is 1.63 bits per heavy atom. The van der Waals surface area contributed by atoms with Crippen molar-refractivity contribution in [2.24, 2.45) is 0 Å². The van der Waals surface area contributed by atoms with E-state index in [-0.39, 0.29) is 32.1 Å². The van der Waals surface area contributed by atoms with Crippen LogP contribution in [0.15, 0.2) is 48.5 Å². The lowest BCUT2D eigenvalue weighted by atomic mass is 9.98. The topological polar surface area (TPSA) is 87.1 Å². The number of amides is 1. The maximum absolute atomic E-state index is 12.5.